The van der Waals surface area contributed by atoms with Crippen molar-refractivity contribution in [2.24, 2.45) is 0 Å². The van der Waals surface area contributed by atoms with Gasteiger partial charge < -0.3 is 4.74 Å². The molecular weight excluding hydrogens is 338 g/mol. The van der Waals surface area contributed by atoms with Gasteiger partial charge in [0, 0.05) is 9.22 Å². The molecule has 0 bridgehead atoms. The van der Waals surface area contributed by atoms with Gasteiger partial charge in [-0.3, -0.25) is 9.52 Å². The fraction of sp³-hybridized carbons (Fsp3) is 0.533. The highest BCUT2D eigenvalue weighted by Gasteiger charge is 2.20. The Morgan fingerprint density at radius 1 is 1.45 bits per heavy atom. The van der Waals surface area contributed by atoms with Gasteiger partial charge in [-0.25, -0.2) is 0 Å². The largest absolute Gasteiger partial charge is 0.466 e. The number of hydrogen-bond donors (Lipinski definition) is 1. The zero-order valence-electron chi connectivity index (χ0n) is 12.4. The molecule has 0 aliphatic carbocycles. The highest BCUT2D eigenvalue weighted by atomic mass is 79.9. The van der Waals surface area contributed by atoms with Crippen LogP contribution < -0.4 is 4.72 Å². The molecule has 1 aromatic rings. The van der Waals surface area contributed by atoms with Gasteiger partial charge >= 0.3 is 5.97 Å². The summed E-state index contributed by atoms with van der Waals surface area (Å²) in [7, 11) is 0. The van der Waals surface area contributed by atoms with Gasteiger partial charge in [-0.2, -0.15) is 0 Å². The zero-order chi connectivity index (χ0) is 15.2. The Hall–Kier alpha value is -0.520. The van der Waals surface area contributed by atoms with Gasteiger partial charge in [0.05, 0.1) is 19.1 Å². The standard InChI is InChI=1S/C15H22BrNO2S/c1-5-19-14(18)10-13(17-20-15(2,3)4)11-7-6-8-12(16)9-11/h6-9,13,17H,5,10H2,1-4H3. The minimum absolute atomic E-state index is 0.0595. The number of esters is 1. The third-order valence-corrected chi connectivity index (χ3v) is 3.94. The van der Waals surface area contributed by atoms with Gasteiger partial charge in [0.25, 0.3) is 0 Å². The van der Waals surface area contributed by atoms with Crippen LogP contribution in [0.15, 0.2) is 28.7 Å². The van der Waals surface area contributed by atoms with Crippen LogP contribution in [0.4, 0.5) is 0 Å². The van der Waals surface area contributed by atoms with E-state index in [0.717, 1.165) is 10.0 Å². The van der Waals surface area contributed by atoms with Gasteiger partial charge in [-0.05, 0) is 45.4 Å². The first-order valence-electron chi connectivity index (χ1n) is 6.66. The highest BCUT2D eigenvalue weighted by Crippen LogP contribution is 2.28. The molecule has 0 spiro atoms. The van der Waals surface area contributed by atoms with Crippen LogP contribution in [-0.2, 0) is 9.53 Å². The average molecular weight is 360 g/mol. The van der Waals surface area contributed by atoms with Crippen molar-refractivity contribution in [2.45, 2.75) is 44.9 Å². The van der Waals surface area contributed by atoms with E-state index in [4.69, 9.17) is 4.74 Å². The van der Waals surface area contributed by atoms with Crippen molar-refractivity contribution in [3.05, 3.63) is 34.3 Å². The molecule has 5 heteroatoms. The zero-order valence-corrected chi connectivity index (χ0v) is 14.8. The summed E-state index contributed by atoms with van der Waals surface area (Å²) in [6.45, 7) is 8.63. The molecule has 1 rings (SSSR count). The molecule has 0 saturated carbocycles. The van der Waals surface area contributed by atoms with Gasteiger partial charge in [0.1, 0.15) is 0 Å². The Morgan fingerprint density at radius 2 is 2.15 bits per heavy atom. The second kappa shape index (κ2) is 8.05. The summed E-state index contributed by atoms with van der Waals surface area (Å²) in [4.78, 5) is 11.8. The Balaban J connectivity index is 2.80. The van der Waals surface area contributed by atoms with Crippen LogP contribution in [0.2, 0.25) is 0 Å². The molecule has 0 saturated heterocycles. The quantitative estimate of drug-likeness (QED) is 0.600. The molecule has 1 unspecified atom stereocenters. The second-order valence-electron chi connectivity index (χ2n) is 5.45. The number of ether oxygens (including phenoxy) is 1. The van der Waals surface area contributed by atoms with E-state index in [-0.39, 0.29) is 16.8 Å². The number of rotatable bonds is 6. The Labute approximate surface area is 134 Å². The number of hydrogen-bond acceptors (Lipinski definition) is 4. The lowest BCUT2D eigenvalue weighted by Crippen LogP contribution is -2.24. The van der Waals surface area contributed by atoms with E-state index in [1.807, 2.05) is 31.2 Å². The van der Waals surface area contributed by atoms with Crippen LogP contribution in [-0.4, -0.2) is 17.3 Å². The maximum Gasteiger partial charge on any atom is 0.307 e. The Bertz CT molecular complexity index is 446. The number of carbonyl (C=O) groups is 1. The Morgan fingerprint density at radius 3 is 2.70 bits per heavy atom. The van der Waals surface area contributed by atoms with Crippen LogP contribution in [0.25, 0.3) is 0 Å². The van der Waals surface area contributed by atoms with Gasteiger partial charge in [-0.1, -0.05) is 40.0 Å². The van der Waals surface area contributed by atoms with Crippen molar-refractivity contribution in [3.63, 3.8) is 0 Å². The second-order valence-corrected chi connectivity index (χ2v) is 8.03. The summed E-state index contributed by atoms with van der Waals surface area (Å²) in [5.74, 6) is -0.181. The van der Waals surface area contributed by atoms with Crippen molar-refractivity contribution in [1.82, 2.24) is 4.72 Å². The lowest BCUT2D eigenvalue weighted by atomic mass is 10.1. The Kier molecular flexibility index (Phi) is 7.06. The first kappa shape index (κ1) is 17.5. The van der Waals surface area contributed by atoms with E-state index < -0.39 is 0 Å². The molecule has 20 heavy (non-hydrogen) atoms. The molecule has 1 N–H and O–H groups in total. The molecular formula is C15H22BrNO2S. The molecule has 0 aliphatic heterocycles. The molecule has 1 aromatic carbocycles. The summed E-state index contributed by atoms with van der Waals surface area (Å²) < 4.78 is 9.53. The summed E-state index contributed by atoms with van der Waals surface area (Å²) in [6.07, 6.45) is 0.327. The molecule has 0 aliphatic rings. The number of carbonyl (C=O) groups excluding carboxylic acids is 1. The lowest BCUT2D eigenvalue weighted by Gasteiger charge is -2.24. The van der Waals surface area contributed by atoms with Crippen LogP contribution in [0, 0.1) is 0 Å². The van der Waals surface area contributed by atoms with Crippen LogP contribution in [0.3, 0.4) is 0 Å². The number of benzene rings is 1. The summed E-state index contributed by atoms with van der Waals surface area (Å²) in [5, 5.41) is 0. The fourth-order valence-corrected chi connectivity index (χ4v) is 2.72. The molecule has 0 fully saturated rings. The smallest absolute Gasteiger partial charge is 0.307 e. The minimum atomic E-state index is -0.181. The normalized spacial score (nSPS) is 13.1. The minimum Gasteiger partial charge on any atom is -0.466 e. The SMILES string of the molecule is CCOC(=O)CC(NSC(C)(C)C)c1cccc(Br)c1. The van der Waals surface area contributed by atoms with E-state index >= 15 is 0 Å². The van der Waals surface area contributed by atoms with E-state index in [1.165, 1.54) is 0 Å². The van der Waals surface area contributed by atoms with Crippen molar-refractivity contribution >= 4 is 33.8 Å². The molecule has 3 nitrogen and oxygen atoms in total. The third-order valence-electron chi connectivity index (χ3n) is 2.43. The number of halogens is 1. The van der Waals surface area contributed by atoms with Crippen molar-refractivity contribution in [1.29, 1.82) is 0 Å². The third kappa shape index (κ3) is 6.77. The van der Waals surface area contributed by atoms with Gasteiger partial charge in [-0.15, -0.1) is 0 Å². The monoisotopic (exact) mass is 359 g/mol. The molecule has 0 heterocycles. The predicted octanol–water partition coefficient (Wildman–Crippen LogP) is 4.48. The summed E-state index contributed by atoms with van der Waals surface area (Å²) in [6, 6.07) is 7.93. The van der Waals surface area contributed by atoms with Crippen molar-refractivity contribution in [3.8, 4) is 0 Å². The topological polar surface area (TPSA) is 38.3 Å². The molecule has 112 valence electrons. The van der Waals surface area contributed by atoms with E-state index in [0.29, 0.717) is 13.0 Å². The lowest BCUT2D eigenvalue weighted by molar-refractivity contribution is -0.143. The van der Waals surface area contributed by atoms with Crippen molar-refractivity contribution < 1.29 is 9.53 Å². The molecule has 0 aromatic heterocycles. The van der Waals surface area contributed by atoms with Crippen LogP contribution >= 0.6 is 27.9 Å². The van der Waals surface area contributed by atoms with Crippen LogP contribution in [0.5, 0.6) is 0 Å². The molecule has 0 radical (unpaired) electrons. The first-order chi connectivity index (χ1) is 9.31. The summed E-state index contributed by atoms with van der Waals surface area (Å²) >= 11 is 5.10. The van der Waals surface area contributed by atoms with E-state index in [2.05, 4.69) is 41.4 Å². The predicted molar refractivity (Wildman–Crippen MR) is 88.6 cm³/mol. The summed E-state index contributed by atoms with van der Waals surface area (Å²) in [5.41, 5.74) is 1.07. The van der Waals surface area contributed by atoms with E-state index in [1.54, 1.807) is 11.9 Å². The molecule has 0 amide bonds. The van der Waals surface area contributed by atoms with E-state index in [9.17, 15) is 4.79 Å². The highest BCUT2D eigenvalue weighted by molar-refractivity contribution is 9.10. The number of nitrogens with one attached hydrogen (secondary N) is 1. The molecule has 1 atom stereocenters. The van der Waals surface area contributed by atoms with Gasteiger partial charge in [0.15, 0.2) is 0 Å². The van der Waals surface area contributed by atoms with Gasteiger partial charge in [0.2, 0.25) is 0 Å². The first-order valence-corrected chi connectivity index (χ1v) is 8.27. The van der Waals surface area contributed by atoms with Crippen molar-refractivity contribution in [2.75, 3.05) is 6.61 Å². The average Bonchev–Trinajstić information content (AvgIpc) is 2.33. The fourth-order valence-electron chi connectivity index (χ4n) is 1.59. The maximum absolute atomic E-state index is 11.8. The van der Waals surface area contributed by atoms with Crippen LogP contribution in [0.1, 0.15) is 45.7 Å². The maximum atomic E-state index is 11.8.